The Balaban J connectivity index is 2.02. The molecular weight excluding hydrogens is 268 g/mol. The molecule has 1 radical (unpaired) electrons. The van der Waals surface area contributed by atoms with Crippen LogP contribution in [0.4, 0.5) is 0 Å². The fourth-order valence-corrected chi connectivity index (χ4v) is 1.93. The van der Waals surface area contributed by atoms with Gasteiger partial charge in [-0.25, -0.2) is 0 Å². The number of aromatic amines is 1. The molecule has 109 valence electrons. The molecule has 2 rings (SSSR count). The quantitative estimate of drug-likeness (QED) is 0.718. The maximum Gasteiger partial charge on any atom is 0.251 e. The second kappa shape index (κ2) is 6.69. The van der Waals surface area contributed by atoms with Crippen molar-refractivity contribution in [2.45, 2.75) is 13.8 Å². The van der Waals surface area contributed by atoms with Crippen molar-refractivity contribution in [2.24, 2.45) is 0 Å². The Morgan fingerprint density at radius 3 is 2.71 bits per heavy atom. The van der Waals surface area contributed by atoms with E-state index in [-0.39, 0.29) is 11.8 Å². The normalized spacial score (nSPS) is 10.2. The number of aryl methyl sites for hydroxylation is 1. The molecule has 0 aliphatic heterocycles. The minimum Gasteiger partial charge on any atom is -0.355 e. The van der Waals surface area contributed by atoms with E-state index in [1.54, 1.807) is 18.3 Å². The maximum atomic E-state index is 12.0. The van der Waals surface area contributed by atoms with Crippen LogP contribution in [0.15, 0.2) is 24.4 Å². The number of rotatable bonds is 5. The van der Waals surface area contributed by atoms with Crippen molar-refractivity contribution in [3.63, 3.8) is 0 Å². The Bertz CT molecular complexity index is 649. The highest BCUT2D eigenvalue weighted by molar-refractivity contribution is 5.95. The molecule has 0 atom stereocenters. The van der Waals surface area contributed by atoms with E-state index in [4.69, 9.17) is 0 Å². The van der Waals surface area contributed by atoms with E-state index >= 15 is 0 Å². The van der Waals surface area contributed by atoms with Crippen molar-refractivity contribution in [1.29, 1.82) is 0 Å². The standard InChI is InChI=1S/C15H17N4O2/c1-10-14(9-18-19-10)12-4-3-5-13(8-12)15(21)17-7-6-16-11(2)20/h4-5,8-9H,6-7H2,1-2H3,(H,16,20)(H,17,21)(H,18,19). The number of hydrogen-bond acceptors (Lipinski definition) is 3. The van der Waals surface area contributed by atoms with Gasteiger partial charge < -0.3 is 10.6 Å². The van der Waals surface area contributed by atoms with Crippen molar-refractivity contribution in [3.05, 3.63) is 41.7 Å². The van der Waals surface area contributed by atoms with Gasteiger partial charge in [-0.15, -0.1) is 0 Å². The second-order valence-corrected chi connectivity index (χ2v) is 4.63. The Morgan fingerprint density at radius 1 is 1.29 bits per heavy atom. The van der Waals surface area contributed by atoms with Crippen molar-refractivity contribution in [3.8, 4) is 11.1 Å². The van der Waals surface area contributed by atoms with Crippen LogP contribution in [-0.2, 0) is 4.79 Å². The van der Waals surface area contributed by atoms with E-state index in [9.17, 15) is 9.59 Å². The van der Waals surface area contributed by atoms with Gasteiger partial charge in [0.05, 0.1) is 5.69 Å². The van der Waals surface area contributed by atoms with E-state index in [1.807, 2.05) is 13.0 Å². The zero-order chi connectivity index (χ0) is 15.2. The highest BCUT2D eigenvalue weighted by Crippen LogP contribution is 2.21. The van der Waals surface area contributed by atoms with Crippen LogP contribution >= 0.6 is 0 Å². The summed E-state index contributed by atoms with van der Waals surface area (Å²) < 4.78 is 0. The molecule has 0 spiro atoms. The molecule has 21 heavy (non-hydrogen) atoms. The Kier molecular flexibility index (Phi) is 4.71. The lowest BCUT2D eigenvalue weighted by Crippen LogP contribution is -2.33. The number of hydrogen-bond donors (Lipinski definition) is 3. The first-order valence-corrected chi connectivity index (χ1v) is 6.62. The highest BCUT2D eigenvalue weighted by Gasteiger charge is 2.09. The number of nitrogens with zero attached hydrogens (tertiary/aromatic N) is 1. The first kappa shape index (κ1) is 14.8. The molecular formula is C15H17N4O2. The van der Waals surface area contributed by atoms with Crippen LogP contribution < -0.4 is 10.6 Å². The first-order chi connectivity index (χ1) is 10.1. The molecule has 3 N–H and O–H groups in total. The average molecular weight is 285 g/mol. The van der Waals surface area contributed by atoms with E-state index in [0.717, 1.165) is 16.8 Å². The fourth-order valence-electron chi connectivity index (χ4n) is 1.93. The number of nitrogens with one attached hydrogen (secondary N) is 3. The van der Waals surface area contributed by atoms with Crippen molar-refractivity contribution >= 4 is 11.8 Å². The summed E-state index contributed by atoms with van der Waals surface area (Å²) in [5, 5.41) is 12.2. The minimum absolute atomic E-state index is 0.116. The Morgan fingerprint density at radius 2 is 2.05 bits per heavy atom. The van der Waals surface area contributed by atoms with Gasteiger partial charge in [-0.3, -0.25) is 14.7 Å². The van der Waals surface area contributed by atoms with E-state index < -0.39 is 0 Å². The molecule has 1 aromatic heterocycles. The predicted molar refractivity (Wildman–Crippen MR) is 78.6 cm³/mol. The van der Waals surface area contributed by atoms with E-state index in [0.29, 0.717) is 18.7 Å². The Hall–Kier alpha value is -2.63. The summed E-state index contributed by atoms with van der Waals surface area (Å²) in [6.45, 7) is 4.12. The number of H-pyrrole nitrogens is 1. The van der Waals surface area contributed by atoms with Gasteiger partial charge in [0.2, 0.25) is 5.91 Å². The van der Waals surface area contributed by atoms with Crippen molar-refractivity contribution in [1.82, 2.24) is 20.8 Å². The zero-order valence-corrected chi connectivity index (χ0v) is 12.0. The third-order valence-electron chi connectivity index (χ3n) is 2.98. The molecule has 0 unspecified atom stereocenters. The number of benzene rings is 1. The molecule has 0 bridgehead atoms. The van der Waals surface area contributed by atoms with Gasteiger partial charge in [0.15, 0.2) is 0 Å². The molecule has 0 fully saturated rings. The number of aromatic nitrogens is 2. The van der Waals surface area contributed by atoms with Crippen LogP contribution in [0.1, 0.15) is 23.0 Å². The molecule has 0 saturated heterocycles. The monoisotopic (exact) mass is 285 g/mol. The molecule has 0 aliphatic rings. The third-order valence-corrected chi connectivity index (χ3v) is 2.98. The smallest absolute Gasteiger partial charge is 0.251 e. The molecule has 2 amide bonds. The average Bonchev–Trinajstić information content (AvgIpc) is 2.89. The topological polar surface area (TPSA) is 86.9 Å². The predicted octanol–water partition coefficient (Wildman–Crippen LogP) is 1.05. The molecule has 6 nitrogen and oxygen atoms in total. The summed E-state index contributed by atoms with van der Waals surface area (Å²) >= 11 is 0. The van der Waals surface area contributed by atoms with Crippen LogP contribution in [0, 0.1) is 13.0 Å². The van der Waals surface area contributed by atoms with Gasteiger partial charge in [-0.05, 0) is 36.8 Å². The van der Waals surface area contributed by atoms with Gasteiger partial charge in [-0.1, -0.05) is 0 Å². The van der Waals surface area contributed by atoms with Crippen molar-refractivity contribution < 1.29 is 9.59 Å². The summed E-state index contributed by atoms with van der Waals surface area (Å²) in [5.41, 5.74) is 3.22. The van der Waals surface area contributed by atoms with Crippen LogP contribution in [0.2, 0.25) is 0 Å². The molecule has 2 aromatic rings. The van der Waals surface area contributed by atoms with Gasteiger partial charge >= 0.3 is 0 Å². The van der Waals surface area contributed by atoms with E-state index in [1.165, 1.54) is 6.92 Å². The maximum absolute atomic E-state index is 12.0. The molecule has 6 heteroatoms. The number of carbonyl (C=O) groups excluding carboxylic acids is 2. The molecule has 1 heterocycles. The van der Waals surface area contributed by atoms with E-state index in [2.05, 4.69) is 26.9 Å². The van der Waals surface area contributed by atoms with Crippen LogP contribution in [0.25, 0.3) is 11.1 Å². The van der Waals surface area contributed by atoms with Gasteiger partial charge in [-0.2, -0.15) is 5.10 Å². The molecule has 0 aliphatic carbocycles. The SMILES string of the molecule is CC(=O)NCCNC(=O)c1c[c]cc(-c2c[nH]nc2C)c1. The van der Waals surface area contributed by atoms with Gasteiger partial charge in [0.25, 0.3) is 5.91 Å². The lowest BCUT2D eigenvalue weighted by Gasteiger charge is -2.07. The minimum atomic E-state index is -0.195. The summed E-state index contributed by atoms with van der Waals surface area (Å²) in [6.07, 6.45) is 1.79. The lowest BCUT2D eigenvalue weighted by molar-refractivity contribution is -0.118. The van der Waals surface area contributed by atoms with Crippen LogP contribution in [0.5, 0.6) is 0 Å². The summed E-state index contributed by atoms with van der Waals surface area (Å²) in [4.78, 5) is 22.8. The van der Waals surface area contributed by atoms with Crippen LogP contribution in [-0.4, -0.2) is 35.1 Å². The largest absolute Gasteiger partial charge is 0.355 e. The highest BCUT2D eigenvalue weighted by atomic mass is 16.2. The summed E-state index contributed by atoms with van der Waals surface area (Å²) in [6, 6.07) is 8.20. The lowest BCUT2D eigenvalue weighted by atomic mass is 10.0. The zero-order valence-electron chi connectivity index (χ0n) is 12.0. The fraction of sp³-hybridized carbons (Fsp3) is 0.267. The number of amides is 2. The first-order valence-electron chi connectivity index (χ1n) is 6.62. The second-order valence-electron chi connectivity index (χ2n) is 4.63. The van der Waals surface area contributed by atoms with Gasteiger partial charge in [0, 0.05) is 37.3 Å². The summed E-state index contributed by atoms with van der Waals surface area (Å²) in [7, 11) is 0. The molecule has 1 aromatic carbocycles. The Labute approximate surface area is 122 Å². The summed E-state index contributed by atoms with van der Waals surface area (Å²) in [5.74, 6) is -0.311. The van der Waals surface area contributed by atoms with Gasteiger partial charge in [0.1, 0.15) is 0 Å². The van der Waals surface area contributed by atoms with Crippen molar-refractivity contribution in [2.75, 3.05) is 13.1 Å². The molecule has 0 saturated carbocycles. The third kappa shape index (κ3) is 3.92. The number of carbonyl (C=O) groups is 2. The van der Waals surface area contributed by atoms with Crippen LogP contribution in [0.3, 0.4) is 0 Å².